The molecule has 0 spiro atoms. The van der Waals surface area contributed by atoms with Crippen LogP contribution in [-0.2, 0) is 0 Å². The highest BCUT2D eigenvalue weighted by molar-refractivity contribution is 6.13. The Morgan fingerprint density at radius 1 is 1.08 bits per heavy atom. The number of carbonyl (C=O) groups excluding carboxylic acids is 1. The first kappa shape index (κ1) is 15.6. The Bertz CT molecular complexity index is 1210. The number of phenolic OH excluding ortho intramolecular Hbond substituents is 1. The van der Waals surface area contributed by atoms with E-state index in [1.54, 1.807) is 12.1 Å². The van der Waals surface area contributed by atoms with Crippen LogP contribution >= 0.6 is 0 Å². The average Bonchev–Trinajstić information content (AvgIpc) is 2.99. The number of fused-ring (bicyclic) bond motifs is 3. The van der Waals surface area contributed by atoms with Crippen molar-refractivity contribution in [3.05, 3.63) is 64.2 Å². The molecule has 0 aliphatic carbocycles. The number of nitrogens with two attached hydrogens (primary N) is 1. The lowest BCUT2D eigenvalue weighted by atomic mass is 9.97. The molecule has 1 heterocycles. The molecular weight excluding hydrogens is 334 g/mol. The minimum Gasteiger partial charge on any atom is -0.502 e. The molecule has 0 saturated heterocycles. The lowest BCUT2D eigenvalue weighted by Crippen LogP contribution is -1.97. The van der Waals surface area contributed by atoms with Crippen molar-refractivity contribution in [3.8, 4) is 16.9 Å². The summed E-state index contributed by atoms with van der Waals surface area (Å²) in [5, 5.41) is 23.5. The van der Waals surface area contributed by atoms with Crippen LogP contribution in [0.1, 0.15) is 10.4 Å². The van der Waals surface area contributed by atoms with Gasteiger partial charge >= 0.3 is 5.69 Å². The van der Waals surface area contributed by atoms with Gasteiger partial charge in [-0.25, -0.2) is 0 Å². The summed E-state index contributed by atoms with van der Waals surface area (Å²) >= 11 is 0. The van der Waals surface area contributed by atoms with Gasteiger partial charge in [0, 0.05) is 27.5 Å². The molecule has 7 heteroatoms. The molecule has 0 amide bonds. The van der Waals surface area contributed by atoms with Gasteiger partial charge in [0.1, 0.15) is 0 Å². The molecule has 4 N–H and O–H groups in total. The number of phenols is 1. The zero-order valence-corrected chi connectivity index (χ0v) is 13.4. The van der Waals surface area contributed by atoms with Gasteiger partial charge in [0.25, 0.3) is 0 Å². The molecule has 0 aliphatic rings. The minimum atomic E-state index is -0.699. The molecule has 0 aliphatic heterocycles. The molecule has 1 aromatic heterocycles. The van der Waals surface area contributed by atoms with Crippen LogP contribution < -0.4 is 5.73 Å². The lowest BCUT2D eigenvalue weighted by molar-refractivity contribution is -0.385. The SMILES string of the molecule is Nc1cc(-c2ccc(C=O)c(O)c2[N+](=O)[O-])c2[nH]c3ccccc3c2c1. The Kier molecular flexibility index (Phi) is 3.37. The van der Waals surface area contributed by atoms with Gasteiger partial charge in [0.05, 0.1) is 21.6 Å². The van der Waals surface area contributed by atoms with Crippen molar-refractivity contribution in [2.45, 2.75) is 0 Å². The zero-order valence-electron chi connectivity index (χ0n) is 13.4. The van der Waals surface area contributed by atoms with Crippen molar-refractivity contribution in [2.75, 3.05) is 5.73 Å². The molecule has 0 unspecified atom stereocenters. The molecule has 26 heavy (non-hydrogen) atoms. The van der Waals surface area contributed by atoms with Crippen molar-refractivity contribution >= 4 is 39.5 Å². The van der Waals surface area contributed by atoms with E-state index in [2.05, 4.69) is 4.98 Å². The van der Waals surface area contributed by atoms with E-state index in [-0.39, 0.29) is 11.1 Å². The predicted octanol–water partition coefficient (Wildman–Crippen LogP) is 4.00. The number of nitrogens with one attached hydrogen (secondary N) is 1. The fraction of sp³-hybridized carbons (Fsp3) is 0. The van der Waals surface area contributed by atoms with E-state index in [9.17, 15) is 20.0 Å². The quantitative estimate of drug-likeness (QED) is 0.224. The van der Waals surface area contributed by atoms with Gasteiger partial charge in [-0.15, -0.1) is 0 Å². The minimum absolute atomic E-state index is 0.141. The van der Waals surface area contributed by atoms with Gasteiger partial charge in [-0.3, -0.25) is 14.9 Å². The van der Waals surface area contributed by atoms with E-state index in [4.69, 9.17) is 5.73 Å². The summed E-state index contributed by atoms with van der Waals surface area (Å²) in [6.07, 6.45) is 0.379. The summed E-state index contributed by atoms with van der Waals surface area (Å²) in [6, 6.07) is 13.8. The maximum absolute atomic E-state index is 11.6. The Balaban J connectivity index is 2.14. The number of aromatic nitrogens is 1. The number of para-hydroxylation sites is 1. The molecule has 0 bridgehead atoms. The molecule has 3 aromatic carbocycles. The second-order valence-corrected chi connectivity index (χ2v) is 5.94. The number of hydrogen-bond donors (Lipinski definition) is 3. The van der Waals surface area contributed by atoms with Crippen LogP contribution in [0.4, 0.5) is 11.4 Å². The maximum atomic E-state index is 11.6. The van der Waals surface area contributed by atoms with Crippen LogP contribution in [-0.4, -0.2) is 21.3 Å². The van der Waals surface area contributed by atoms with Gasteiger partial charge in [-0.1, -0.05) is 18.2 Å². The van der Waals surface area contributed by atoms with E-state index >= 15 is 0 Å². The Morgan fingerprint density at radius 2 is 1.85 bits per heavy atom. The number of anilines is 1. The molecule has 128 valence electrons. The van der Waals surface area contributed by atoms with E-state index < -0.39 is 16.4 Å². The van der Waals surface area contributed by atoms with Crippen molar-refractivity contribution in [2.24, 2.45) is 0 Å². The summed E-state index contributed by atoms with van der Waals surface area (Å²) < 4.78 is 0. The zero-order chi connectivity index (χ0) is 18.4. The second-order valence-electron chi connectivity index (χ2n) is 5.94. The van der Waals surface area contributed by atoms with Gasteiger partial charge in [-0.2, -0.15) is 0 Å². The molecule has 0 fully saturated rings. The fourth-order valence-electron chi connectivity index (χ4n) is 3.28. The average molecular weight is 347 g/mol. The van der Waals surface area contributed by atoms with Crippen molar-refractivity contribution in [1.29, 1.82) is 0 Å². The Morgan fingerprint density at radius 3 is 2.58 bits per heavy atom. The maximum Gasteiger partial charge on any atom is 0.319 e. The van der Waals surface area contributed by atoms with E-state index in [1.807, 2.05) is 24.3 Å². The van der Waals surface area contributed by atoms with Crippen LogP contribution in [0.15, 0.2) is 48.5 Å². The number of nitro benzene ring substituents is 1. The van der Waals surface area contributed by atoms with Crippen LogP contribution in [0.25, 0.3) is 32.9 Å². The van der Waals surface area contributed by atoms with Gasteiger partial charge in [0.2, 0.25) is 5.75 Å². The Hall–Kier alpha value is -3.87. The number of hydrogen-bond acceptors (Lipinski definition) is 5. The number of aldehydes is 1. The first-order valence-corrected chi connectivity index (χ1v) is 7.77. The number of benzene rings is 3. The number of aromatic amines is 1. The third kappa shape index (κ3) is 2.18. The topological polar surface area (TPSA) is 122 Å². The van der Waals surface area contributed by atoms with Crippen molar-refractivity contribution < 1.29 is 14.8 Å². The summed E-state index contributed by atoms with van der Waals surface area (Å²) in [4.78, 5) is 25.1. The summed E-state index contributed by atoms with van der Waals surface area (Å²) in [7, 11) is 0. The molecule has 4 rings (SSSR count). The molecule has 7 nitrogen and oxygen atoms in total. The molecule has 4 aromatic rings. The third-order valence-electron chi connectivity index (χ3n) is 4.42. The fourth-order valence-corrected chi connectivity index (χ4v) is 3.28. The highest BCUT2D eigenvalue weighted by atomic mass is 16.6. The Labute approximate surface area is 146 Å². The van der Waals surface area contributed by atoms with Gasteiger partial charge in [-0.05, 0) is 30.3 Å². The van der Waals surface area contributed by atoms with Crippen molar-refractivity contribution in [3.63, 3.8) is 0 Å². The monoisotopic (exact) mass is 347 g/mol. The van der Waals surface area contributed by atoms with E-state index in [0.717, 1.165) is 16.3 Å². The smallest absolute Gasteiger partial charge is 0.319 e. The summed E-state index contributed by atoms with van der Waals surface area (Å²) in [5.74, 6) is -0.658. The molecule has 0 radical (unpaired) electrons. The first-order valence-electron chi connectivity index (χ1n) is 7.77. The normalized spacial score (nSPS) is 11.1. The molecule has 0 saturated carbocycles. The summed E-state index contributed by atoms with van der Waals surface area (Å²) in [6.45, 7) is 0. The summed E-state index contributed by atoms with van der Waals surface area (Å²) in [5.41, 5.74) is 8.00. The number of aromatic hydroxyl groups is 1. The van der Waals surface area contributed by atoms with E-state index in [1.165, 1.54) is 12.1 Å². The highest BCUT2D eigenvalue weighted by Gasteiger charge is 2.25. The van der Waals surface area contributed by atoms with Gasteiger partial charge in [0.15, 0.2) is 6.29 Å². The van der Waals surface area contributed by atoms with Crippen LogP contribution in [0.2, 0.25) is 0 Å². The largest absolute Gasteiger partial charge is 0.502 e. The molecular formula is C19H13N3O4. The number of H-pyrrole nitrogens is 1. The lowest BCUT2D eigenvalue weighted by Gasteiger charge is -2.09. The second kappa shape index (κ2) is 5.59. The highest BCUT2D eigenvalue weighted by Crippen LogP contribution is 2.43. The van der Waals surface area contributed by atoms with Crippen LogP contribution in [0.5, 0.6) is 5.75 Å². The molecule has 0 atom stereocenters. The van der Waals surface area contributed by atoms with E-state index in [0.29, 0.717) is 23.1 Å². The van der Waals surface area contributed by atoms with Gasteiger partial charge < -0.3 is 15.8 Å². The third-order valence-corrected chi connectivity index (χ3v) is 4.42. The van der Waals surface area contributed by atoms with Crippen LogP contribution in [0, 0.1) is 10.1 Å². The standard InChI is InChI=1S/C19H13N3O4/c20-11-7-14-12-3-1-2-4-16(12)21-17(14)15(8-11)13-6-5-10(9-23)19(24)18(13)22(25)26/h1-9,21,24H,20H2. The van der Waals surface area contributed by atoms with Crippen LogP contribution in [0.3, 0.4) is 0 Å². The number of rotatable bonds is 3. The number of carbonyl (C=O) groups is 1. The van der Waals surface area contributed by atoms with Crippen molar-refractivity contribution in [1.82, 2.24) is 4.98 Å². The predicted molar refractivity (Wildman–Crippen MR) is 99.4 cm³/mol. The number of nitro groups is 1. The first-order chi connectivity index (χ1) is 12.5. The number of nitrogens with zero attached hydrogens (tertiary/aromatic N) is 1. The number of nitrogen functional groups attached to an aromatic ring is 1.